The van der Waals surface area contributed by atoms with Crippen molar-refractivity contribution >= 4 is 15.9 Å². The van der Waals surface area contributed by atoms with Gasteiger partial charge in [-0.15, -0.1) is 0 Å². The molecule has 2 rings (SSSR count). The Balaban J connectivity index is 2.37. The third-order valence-electron chi connectivity index (χ3n) is 3.32. The molecule has 0 aliphatic rings. The van der Waals surface area contributed by atoms with E-state index in [1.165, 1.54) is 12.1 Å². The molecule has 1 unspecified atom stereocenters. The van der Waals surface area contributed by atoms with Gasteiger partial charge >= 0.3 is 0 Å². The van der Waals surface area contributed by atoms with Gasteiger partial charge in [0.05, 0.1) is 0 Å². The van der Waals surface area contributed by atoms with Crippen LogP contribution in [0, 0.1) is 12.7 Å². The van der Waals surface area contributed by atoms with Gasteiger partial charge in [0.1, 0.15) is 17.3 Å². The molecule has 0 aliphatic carbocycles. The second-order valence-electron chi connectivity index (χ2n) is 4.97. The highest BCUT2D eigenvalue weighted by Gasteiger charge is 2.13. The number of rotatable bonds is 5. The van der Waals surface area contributed by atoms with Crippen molar-refractivity contribution in [1.29, 1.82) is 0 Å². The molecule has 0 fully saturated rings. The first kappa shape index (κ1) is 16.0. The van der Waals surface area contributed by atoms with Gasteiger partial charge in [0.25, 0.3) is 0 Å². The van der Waals surface area contributed by atoms with E-state index in [9.17, 15) is 4.39 Å². The number of aryl methyl sites for hydroxylation is 1. The van der Waals surface area contributed by atoms with Crippen molar-refractivity contribution in [3.05, 3.63) is 57.8 Å². The number of halogens is 2. The Morgan fingerprint density at radius 2 is 1.95 bits per heavy atom. The van der Waals surface area contributed by atoms with Crippen molar-refractivity contribution in [2.45, 2.75) is 26.8 Å². The number of ether oxygens (including phenoxy) is 1. The van der Waals surface area contributed by atoms with Crippen molar-refractivity contribution in [1.82, 2.24) is 5.32 Å². The van der Waals surface area contributed by atoms with Crippen LogP contribution < -0.4 is 10.1 Å². The van der Waals surface area contributed by atoms with Gasteiger partial charge in [-0.25, -0.2) is 4.39 Å². The minimum atomic E-state index is -0.297. The van der Waals surface area contributed by atoms with Crippen molar-refractivity contribution in [2.24, 2.45) is 0 Å². The summed E-state index contributed by atoms with van der Waals surface area (Å²) in [6, 6.07) is 10.6. The fourth-order valence-corrected chi connectivity index (χ4v) is 2.55. The molecule has 2 nitrogen and oxygen atoms in total. The van der Waals surface area contributed by atoms with Crippen LogP contribution in [0.2, 0.25) is 0 Å². The highest BCUT2D eigenvalue weighted by Crippen LogP contribution is 2.33. The van der Waals surface area contributed by atoms with Crippen LogP contribution in [-0.4, -0.2) is 6.54 Å². The Morgan fingerprint density at radius 3 is 2.67 bits per heavy atom. The molecule has 1 N–H and O–H groups in total. The lowest BCUT2D eigenvalue weighted by Gasteiger charge is -2.18. The molecule has 4 heteroatoms. The first-order valence-electron chi connectivity index (χ1n) is 6.98. The summed E-state index contributed by atoms with van der Waals surface area (Å²) in [4.78, 5) is 0. The lowest BCUT2D eigenvalue weighted by Crippen LogP contribution is -2.18. The van der Waals surface area contributed by atoms with Crippen LogP contribution in [0.25, 0.3) is 0 Å². The van der Waals surface area contributed by atoms with E-state index in [0.717, 1.165) is 27.9 Å². The average molecular weight is 352 g/mol. The van der Waals surface area contributed by atoms with Crippen molar-refractivity contribution in [3.8, 4) is 11.5 Å². The molecular formula is C17H19BrFNO. The van der Waals surface area contributed by atoms with E-state index in [1.54, 1.807) is 6.07 Å². The maximum Gasteiger partial charge on any atom is 0.133 e. The summed E-state index contributed by atoms with van der Waals surface area (Å²) < 4.78 is 20.3. The largest absolute Gasteiger partial charge is 0.457 e. The molecule has 0 aromatic heterocycles. The monoisotopic (exact) mass is 351 g/mol. The summed E-state index contributed by atoms with van der Waals surface area (Å²) in [5.74, 6) is 0.983. The highest BCUT2D eigenvalue weighted by atomic mass is 79.9. The van der Waals surface area contributed by atoms with Crippen LogP contribution >= 0.6 is 15.9 Å². The average Bonchev–Trinajstić information content (AvgIpc) is 2.45. The summed E-state index contributed by atoms with van der Waals surface area (Å²) in [5, 5.41) is 3.37. The van der Waals surface area contributed by atoms with Gasteiger partial charge in [0.2, 0.25) is 0 Å². The van der Waals surface area contributed by atoms with E-state index in [-0.39, 0.29) is 11.9 Å². The Kier molecular flexibility index (Phi) is 5.37. The molecule has 0 bridgehead atoms. The van der Waals surface area contributed by atoms with Crippen molar-refractivity contribution < 1.29 is 9.13 Å². The van der Waals surface area contributed by atoms with E-state index in [1.807, 2.05) is 25.1 Å². The maximum absolute atomic E-state index is 13.4. The zero-order valence-electron chi connectivity index (χ0n) is 12.4. The van der Waals surface area contributed by atoms with E-state index < -0.39 is 0 Å². The third-order valence-corrected chi connectivity index (χ3v) is 3.81. The second-order valence-corrected chi connectivity index (χ2v) is 5.89. The number of nitrogens with one attached hydrogen (secondary N) is 1. The molecule has 0 spiro atoms. The molecule has 1 atom stereocenters. The van der Waals surface area contributed by atoms with E-state index in [0.29, 0.717) is 5.75 Å². The fourth-order valence-electron chi connectivity index (χ4n) is 2.17. The summed E-state index contributed by atoms with van der Waals surface area (Å²) in [6.07, 6.45) is 0. The first-order valence-corrected chi connectivity index (χ1v) is 7.77. The standard InChI is InChI=1S/C17H19BrFNO/c1-4-20-12(3)15-9-13(18)6-8-16(15)21-17-10-14(19)7-5-11(17)2/h5-10,12,20H,4H2,1-3H3. The number of hydrogen-bond donors (Lipinski definition) is 1. The van der Waals surface area contributed by atoms with Gasteiger partial charge in [-0.3, -0.25) is 0 Å². The van der Waals surface area contributed by atoms with Crippen LogP contribution in [0.4, 0.5) is 4.39 Å². The van der Waals surface area contributed by atoms with E-state index in [4.69, 9.17) is 4.74 Å². The maximum atomic E-state index is 13.4. The van der Waals surface area contributed by atoms with Gasteiger partial charge in [-0.05, 0) is 50.2 Å². The predicted molar refractivity (Wildman–Crippen MR) is 87.4 cm³/mol. The van der Waals surface area contributed by atoms with Crippen LogP contribution in [0.15, 0.2) is 40.9 Å². The lowest BCUT2D eigenvalue weighted by molar-refractivity contribution is 0.455. The summed E-state index contributed by atoms with van der Waals surface area (Å²) >= 11 is 3.48. The minimum absolute atomic E-state index is 0.149. The Bertz CT molecular complexity index is 630. The zero-order valence-corrected chi connectivity index (χ0v) is 14.0. The topological polar surface area (TPSA) is 21.3 Å². The summed E-state index contributed by atoms with van der Waals surface area (Å²) in [7, 11) is 0. The Hall–Kier alpha value is -1.39. The third kappa shape index (κ3) is 4.05. The molecule has 0 amide bonds. The molecular weight excluding hydrogens is 333 g/mol. The van der Waals surface area contributed by atoms with Gasteiger partial charge in [0.15, 0.2) is 0 Å². The molecule has 21 heavy (non-hydrogen) atoms. The molecule has 0 radical (unpaired) electrons. The second kappa shape index (κ2) is 7.05. The smallest absolute Gasteiger partial charge is 0.133 e. The van der Waals surface area contributed by atoms with E-state index >= 15 is 0 Å². The quantitative estimate of drug-likeness (QED) is 0.782. The Labute approximate surface area is 133 Å². The van der Waals surface area contributed by atoms with Gasteiger partial charge in [-0.1, -0.05) is 28.9 Å². The lowest BCUT2D eigenvalue weighted by atomic mass is 10.1. The SMILES string of the molecule is CCNC(C)c1cc(Br)ccc1Oc1cc(F)ccc1C. The highest BCUT2D eigenvalue weighted by molar-refractivity contribution is 9.10. The Morgan fingerprint density at radius 1 is 1.19 bits per heavy atom. The van der Waals surface area contributed by atoms with Crippen LogP contribution in [0.3, 0.4) is 0 Å². The predicted octanol–water partition coefficient (Wildman–Crippen LogP) is 5.36. The molecule has 2 aromatic rings. The van der Waals surface area contributed by atoms with Crippen LogP contribution in [0.5, 0.6) is 11.5 Å². The number of benzene rings is 2. The normalized spacial score (nSPS) is 12.2. The van der Waals surface area contributed by atoms with Crippen molar-refractivity contribution in [2.75, 3.05) is 6.54 Å². The first-order chi connectivity index (χ1) is 10.0. The zero-order chi connectivity index (χ0) is 15.4. The van der Waals surface area contributed by atoms with Crippen molar-refractivity contribution in [3.63, 3.8) is 0 Å². The molecule has 112 valence electrons. The fraction of sp³-hybridized carbons (Fsp3) is 0.294. The molecule has 0 saturated heterocycles. The summed E-state index contributed by atoms with van der Waals surface area (Å²) in [5.41, 5.74) is 1.94. The number of hydrogen-bond acceptors (Lipinski definition) is 2. The van der Waals surface area contributed by atoms with Gasteiger partial charge in [0, 0.05) is 22.1 Å². The van der Waals surface area contributed by atoms with Crippen LogP contribution in [0.1, 0.15) is 31.0 Å². The summed E-state index contributed by atoms with van der Waals surface area (Å²) in [6.45, 7) is 6.91. The van der Waals surface area contributed by atoms with Gasteiger partial charge < -0.3 is 10.1 Å². The molecule has 0 aliphatic heterocycles. The molecule has 2 aromatic carbocycles. The molecule has 0 heterocycles. The molecule has 0 saturated carbocycles. The van der Waals surface area contributed by atoms with Gasteiger partial charge in [-0.2, -0.15) is 0 Å². The van der Waals surface area contributed by atoms with Crippen LogP contribution in [-0.2, 0) is 0 Å². The van der Waals surface area contributed by atoms with E-state index in [2.05, 4.69) is 35.1 Å². The minimum Gasteiger partial charge on any atom is -0.457 e.